The molecule has 4 amide bonds. The van der Waals surface area contributed by atoms with Gasteiger partial charge >= 0.3 is 6.09 Å². The van der Waals surface area contributed by atoms with Crippen molar-refractivity contribution in [2.24, 2.45) is 29.1 Å². The minimum absolute atomic E-state index is 0.0000393. The lowest BCUT2D eigenvalue weighted by atomic mass is 9.57. The van der Waals surface area contributed by atoms with Crippen LogP contribution in [0, 0.1) is 36.0 Å². The van der Waals surface area contributed by atoms with Gasteiger partial charge in [0.15, 0.2) is 11.9 Å². The number of likely N-dealkylation sites (tertiary alicyclic amines) is 1. The van der Waals surface area contributed by atoms with Gasteiger partial charge in [0, 0.05) is 44.8 Å². The van der Waals surface area contributed by atoms with E-state index in [0.29, 0.717) is 24.7 Å². The normalized spacial score (nSPS) is 32.7. The van der Waals surface area contributed by atoms with Gasteiger partial charge in [-0.1, -0.05) is 58.9 Å². The zero-order valence-electron chi connectivity index (χ0n) is 36.0. The smallest absolute Gasteiger partial charge is 0.407 e. The van der Waals surface area contributed by atoms with Crippen molar-refractivity contribution in [3.05, 3.63) is 41.0 Å². The number of nitrogens with one attached hydrogen (secondary N) is 3. The van der Waals surface area contributed by atoms with Crippen LogP contribution in [0.2, 0.25) is 0 Å². The van der Waals surface area contributed by atoms with Crippen molar-refractivity contribution >= 4 is 35.2 Å². The molecule has 2 bridgehead atoms. The van der Waals surface area contributed by atoms with E-state index < -0.39 is 59.2 Å². The number of fused-ring (bicyclic) bond motifs is 2. The quantitative estimate of drug-likeness (QED) is 0.150. The van der Waals surface area contributed by atoms with Gasteiger partial charge in [0.05, 0.1) is 34.9 Å². The first-order chi connectivity index (χ1) is 28.5. The van der Waals surface area contributed by atoms with Crippen LogP contribution in [0.4, 0.5) is 4.79 Å². The van der Waals surface area contributed by atoms with Gasteiger partial charge in [0.1, 0.15) is 12.1 Å². The first-order valence-corrected chi connectivity index (χ1v) is 22.5. The van der Waals surface area contributed by atoms with Crippen LogP contribution in [-0.2, 0) is 44.9 Å². The number of ether oxygens (including phenoxy) is 3. The molecule has 4 N–H and O–H groups in total. The van der Waals surface area contributed by atoms with Crippen molar-refractivity contribution < 1.29 is 48.3 Å². The van der Waals surface area contributed by atoms with Crippen molar-refractivity contribution in [3.63, 3.8) is 0 Å². The summed E-state index contributed by atoms with van der Waals surface area (Å²) in [5.41, 5.74) is 3.38. The van der Waals surface area contributed by atoms with E-state index in [1.807, 2.05) is 64.4 Å². The van der Waals surface area contributed by atoms with E-state index in [-0.39, 0.29) is 62.9 Å². The third-order valence-electron chi connectivity index (χ3n) is 13.5. The molecule has 60 heavy (non-hydrogen) atoms. The molecule has 5 saturated heterocycles. The predicted octanol–water partition coefficient (Wildman–Crippen LogP) is 5.37. The number of benzene rings is 1. The van der Waals surface area contributed by atoms with E-state index in [0.717, 1.165) is 47.4 Å². The van der Waals surface area contributed by atoms with Gasteiger partial charge in [-0.05, 0) is 80.2 Å². The van der Waals surface area contributed by atoms with Crippen molar-refractivity contribution in [3.8, 4) is 10.4 Å². The summed E-state index contributed by atoms with van der Waals surface area (Å²) >= 11 is 1.57. The van der Waals surface area contributed by atoms with Gasteiger partial charge in [0.2, 0.25) is 23.5 Å². The summed E-state index contributed by atoms with van der Waals surface area (Å²) in [5, 5.41) is 19.0. The molecule has 11 atom stereocenters. The number of aliphatic hydroxyl groups is 1. The lowest BCUT2D eigenvalue weighted by molar-refractivity contribution is -0.571. The van der Waals surface area contributed by atoms with E-state index in [9.17, 15) is 24.3 Å². The van der Waals surface area contributed by atoms with E-state index in [4.69, 9.17) is 24.0 Å². The summed E-state index contributed by atoms with van der Waals surface area (Å²) in [6, 6.07) is 5.97. The molecule has 1 saturated carbocycles. The second-order valence-electron chi connectivity index (χ2n) is 18.8. The zero-order chi connectivity index (χ0) is 43.0. The minimum Gasteiger partial charge on any atom is -0.450 e. The van der Waals surface area contributed by atoms with Gasteiger partial charge in [0.25, 0.3) is 0 Å². The lowest BCUT2D eigenvalue weighted by Crippen LogP contribution is -2.70. The Labute approximate surface area is 356 Å². The molecule has 1 aromatic carbocycles. The van der Waals surface area contributed by atoms with Crippen molar-refractivity contribution in [2.75, 3.05) is 19.7 Å². The first-order valence-electron chi connectivity index (χ1n) is 21.6. The number of hydrogen-bond acceptors (Lipinski definition) is 12. The number of alkyl carbamates (subject to hydrolysis) is 1. The highest BCUT2D eigenvalue weighted by molar-refractivity contribution is 7.13. The number of aliphatic hydroxyl groups excluding tert-OH is 1. The Morgan fingerprint density at radius 1 is 1.07 bits per heavy atom. The Balaban J connectivity index is 0.844. The standard InChI is InChI=1S/C44H63N5O10S/c1-25-10-15-32-26(2)34(56-40-44(32)31(25)16-18-43(7,57-40)58-59-44)9-8-20-55-41(54)45-19-17-35(51)48-37(42(4,5)6)39(53)49-23-30(50)21-33(49)38(52)46-22-28-11-13-29(14-12-28)36-27(3)47-24-60-36/h11-14,24-26,30-34,37,40,50H,8-10,15-23H2,1-7H3,(H,45,54)(H,46,52)(H,48,51)/t25-,26-,30-,31+,32+,33+,34-,37-,40-,43-,44-/m1/s1. The Morgan fingerprint density at radius 3 is 2.55 bits per heavy atom. The molecule has 1 aromatic heterocycles. The summed E-state index contributed by atoms with van der Waals surface area (Å²) in [7, 11) is 0. The van der Waals surface area contributed by atoms with E-state index >= 15 is 0 Å². The Kier molecular flexibility index (Phi) is 13.3. The molecular formula is C44H63N5O10S. The molecule has 0 unspecified atom stereocenters. The van der Waals surface area contributed by atoms with Gasteiger partial charge in [-0.15, -0.1) is 11.3 Å². The van der Waals surface area contributed by atoms with Crippen LogP contribution in [0.15, 0.2) is 29.8 Å². The molecule has 2 aromatic rings. The molecule has 5 aliphatic heterocycles. The zero-order valence-corrected chi connectivity index (χ0v) is 36.8. The average molecular weight is 854 g/mol. The summed E-state index contributed by atoms with van der Waals surface area (Å²) in [6.45, 7) is 14.3. The average Bonchev–Trinajstić information content (AvgIpc) is 3.74. The van der Waals surface area contributed by atoms with Crippen molar-refractivity contribution in [1.82, 2.24) is 25.8 Å². The molecule has 6 fully saturated rings. The van der Waals surface area contributed by atoms with Crippen LogP contribution >= 0.6 is 11.3 Å². The maximum atomic E-state index is 14.0. The largest absolute Gasteiger partial charge is 0.450 e. The first kappa shape index (κ1) is 44.4. The van der Waals surface area contributed by atoms with Gasteiger partial charge in [-0.2, -0.15) is 0 Å². The highest BCUT2D eigenvalue weighted by Crippen LogP contribution is 2.60. The van der Waals surface area contributed by atoms with Crippen LogP contribution in [0.5, 0.6) is 0 Å². The Bertz CT molecular complexity index is 1870. The number of aromatic nitrogens is 1. The minimum atomic E-state index is -0.983. The Morgan fingerprint density at radius 2 is 1.83 bits per heavy atom. The van der Waals surface area contributed by atoms with Gasteiger partial charge in [-0.25, -0.2) is 19.6 Å². The molecule has 1 aliphatic carbocycles. The lowest BCUT2D eigenvalue weighted by Gasteiger charge is -2.60. The van der Waals surface area contributed by atoms with E-state index in [1.54, 1.807) is 11.3 Å². The molecule has 6 heterocycles. The number of amides is 4. The second-order valence-corrected chi connectivity index (χ2v) is 19.7. The summed E-state index contributed by atoms with van der Waals surface area (Å²) in [5.74, 6) is -0.892. The van der Waals surface area contributed by atoms with Crippen LogP contribution < -0.4 is 16.0 Å². The van der Waals surface area contributed by atoms with E-state index in [1.165, 1.54) is 4.90 Å². The van der Waals surface area contributed by atoms with Crippen molar-refractivity contribution in [2.45, 2.75) is 148 Å². The number of carbonyl (C=O) groups is 4. The highest BCUT2D eigenvalue weighted by atomic mass is 32.1. The summed E-state index contributed by atoms with van der Waals surface area (Å²) in [6.07, 6.45) is 3.02. The second kappa shape index (κ2) is 18.0. The van der Waals surface area contributed by atoms with Crippen LogP contribution in [0.1, 0.15) is 104 Å². The molecule has 1 spiro atoms. The maximum absolute atomic E-state index is 14.0. The molecular weight excluding hydrogens is 791 g/mol. The monoisotopic (exact) mass is 853 g/mol. The predicted molar refractivity (Wildman–Crippen MR) is 222 cm³/mol. The molecule has 0 radical (unpaired) electrons. The maximum Gasteiger partial charge on any atom is 0.407 e. The molecule has 8 rings (SSSR count). The van der Waals surface area contributed by atoms with Crippen LogP contribution in [-0.4, -0.2) is 100 Å². The topological polar surface area (TPSA) is 187 Å². The van der Waals surface area contributed by atoms with Gasteiger partial charge in [-0.3, -0.25) is 14.4 Å². The highest BCUT2D eigenvalue weighted by Gasteiger charge is 2.69. The fourth-order valence-electron chi connectivity index (χ4n) is 10.1. The fraction of sp³-hybridized carbons (Fsp3) is 0.705. The van der Waals surface area contributed by atoms with Crippen molar-refractivity contribution in [1.29, 1.82) is 0 Å². The summed E-state index contributed by atoms with van der Waals surface area (Å²) in [4.78, 5) is 72.1. The number of thiazole rings is 1. The Hall–Kier alpha value is -3.67. The third kappa shape index (κ3) is 9.24. The number of aryl methyl sites for hydroxylation is 1. The number of hydrogen-bond donors (Lipinski definition) is 4. The van der Waals surface area contributed by atoms with E-state index in [2.05, 4.69) is 34.8 Å². The number of β-amino-alcohol motifs (C(OH)–C–C–N with tert-alkyl or cyclic N) is 1. The van der Waals surface area contributed by atoms with Crippen LogP contribution in [0.3, 0.4) is 0 Å². The fourth-order valence-corrected chi connectivity index (χ4v) is 10.9. The SMILES string of the molecule is Cc1ncsc1-c1ccc(CNC(=O)[C@@H]2C[C@@H](O)CN2C(=O)[C@@H](NC(=O)CCNC(=O)OCCC[C@H]2O[C@@H]3O[C@@]4(C)CC[C@H]5[C@H](C)CC[C@@H]([C@H]2C)[C@@]35OO4)C(C)(C)C)cc1. The van der Waals surface area contributed by atoms with Crippen LogP contribution in [0.25, 0.3) is 10.4 Å². The van der Waals surface area contributed by atoms with Gasteiger partial charge < -0.3 is 40.2 Å². The number of rotatable bonds is 13. The third-order valence-corrected chi connectivity index (χ3v) is 14.5. The summed E-state index contributed by atoms with van der Waals surface area (Å²) < 4.78 is 18.5. The number of carbonyl (C=O) groups excluding carboxylic acids is 4. The number of nitrogens with zero attached hydrogens (tertiary/aromatic N) is 2. The molecule has 330 valence electrons. The molecule has 16 heteroatoms. The molecule has 15 nitrogen and oxygen atoms in total. The molecule has 6 aliphatic rings.